The Balaban J connectivity index is 2.50. The fourth-order valence-electron chi connectivity index (χ4n) is 1.65. The molecule has 4 nitrogen and oxygen atoms in total. The van der Waals surface area contributed by atoms with Crippen molar-refractivity contribution >= 4 is 42.1 Å². The zero-order chi connectivity index (χ0) is 13.1. The Labute approximate surface area is 109 Å². The Kier molecular flexibility index (Phi) is 3.65. The average Bonchev–Trinajstić information content (AvgIpc) is 2.35. The quantitative estimate of drug-likeness (QED) is 0.837. The van der Waals surface area contributed by atoms with E-state index in [-0.39, 0.29) is 25.8 Å². The zero-order valence-electron chi connectivity index (χ0n) is 9.29. The molecular formula is C13H10O4Se. The number of carbonyl (C=O) groups is 2. The SMILES string of the molecule is O=C(O)C[Se]c1cc2ccccc2cc1C(=O)O. The third-order valence-corrected chi connectivity index (χ3v) is 4.61. The first-order valence-corrected chi connectivity index (χ1v) is 7.25. The van der Waals surface area contributed by atoms with Crippen LogP contribution >= 0.6 is 0 Å². The molecule has 0 aromatic heterocycles. The minimum atomic E-state index is -1.01. The Morgan fingerprint density at radius 2 is 1.67 bits per heavy atom. The van der Waals surface area contributed by atoms with Gasteiger partial charge in [-0.3, -0.25) is 0 Å². The van der Waals surface area contributed by atoms with Gasteiger partial charge in [0.15, 0.2) is 0 Å². The summed E-state index contributed by atoms with van der Waals surface area (Å²) in [5.74, 6) is -1.91. The molecule has 0 heterocycles. The van der Waals surface area contributed by atoms with E-state index < -0.39 is 11.9 Å². The second-order valence-electron chi connectivity index (χ2n) is 3.68. The van der Waals surface area contributed by atoms with Crippen LogP contribution in [0.15, 0.2) is 36.4 Å². The van der Waals surface area contributed by atoms with Crippen LogP contribution < -0.4 is 4.46 Å². The summed E-state index contributed by atoms with van der Waals surface area (Å²) in [6, 6.07) is 10.8. The van der Waals surface area contributed by atoms with Gasteiger partial charge in [-0.25, -0.2) is 0 Å². The summed E-state index contributed by atoms with van der Waals surface area (Å²) < 4.78 is 0.621. The third-order valence-electron chi connectivity index (χ3n) is 2.43. The van der Waals surface area contributed by atoms with E-state index in [0.29, 0.717) is 4.46 Å². The van der Waals surface area contributed by atoms with Crippen molar-refractivity contribution in [2.75, 3.05) is 0 Å². The van der Waals surface area contributed by atoms with Crippen LogP contribution in [0.2, 0.25) is 5.32 Å². The molecule has 2 aromatic carbocycles. The predicted molar refractivity (Wildman–Crippen MR) is 68.7 cm³/mol. The second kappa shape index (κ2) is 5.21. The zero-order valence-corrected chi connectivity index (χ0v) is 11.0. The van der Waals surface area contributed by atoms with Crippen molar-refractivity contribution < 1.29 is 19.8 Å². The summed E-state index contributed by atoms with van der Waals surface area (Å²) in [4.78, 5) is 21.8. The Morgan fingerprint density at radius 1 is 1.06 bits per heavy atom. The topological polar surface area (TPSA) is 74.6 Å². The van der Waals surface area contributed by atoms with Gasteiger partial charge in [-0.05, 0) is 0 Å². The summed E-state index contributed by atoms with van der Waals surface area (Å²) in [6.07, 6.45) is 0. The first-order valence-electron chi connectivity index (χ1n) is 5.18. The molecular weight excluding hydrogens is 299 g/mol. The number of aliphatic carboxylic acids is 1. The summed E-state index contributed by atoms with van der Waals surface area (Å²) in [7, 11) is 0. The molecule has 0 amide bonds. The molecule has 92 valence electrons. The maximum atomic E-state index is 11.2. The van der Waals surface area contributed by atoms with Crippen molar-refractivity contribution in [3.05, 3.63) is 42.0 Å². The monoisotopic (exact) mass is 310 g/mol. The Hall–Kier alpha value is -1.84. The predicted octanol–water partition coefficient (Wildman–Crippen LogP) is 1.37. The van der Waals surface area contributed by atoms with Crippen molar-refractivity contribution in [1.82, 2.24) is 0 Å². The molecule has 0 saturated heterocycles. The van der Waals surface area contributed by atoms with E-state index in [4.69, 9.17) is 10.2 Å². The summed E-state index contributed by atoms with van der Waals surface area (Å²) in [5.41, 5.74) is 0.204. The molecule has 0 atom stereocenters. The van der Waals surface area contributed by atoms with Crippen LogP contribution in [-0.2, 0) is 4.79 Å². The van der Waals surface area contributed by atoms with Gasteiger partial charge in [-0.2, -0.15) is 0 Å². The van der Waals surface area contributed by atoms with Crippen LogP contribution in [0.5, 0.6) is 0 Å². The molecule has 2 rings (SSSR count). The van der Waals surface area contributed by atoms with Gasteiger partial charge in [0.2, 0.25) is 0 Å². The molecule has 2 N–H and O–H groups in total. The molecule has 0 aliphatic rings. The Morgan fingerprint density at radius 3 is 2.22 bits per heavy atom. The van der Waals surface area contributed by atoms with Gasteiger partial charge in [-0.1, -0.05) is 0 Å². The third kappa shape index (κ3) is 2.70. The number of carboxylic acid groups (broad SMARTS) is 2. The number of benzene rings is 2. The first kappa shape index (κ1) is 12.6. The van der Waals surface area contributed by atoms with Crippen LogP contribution in [0.1, 0.15) is 10.4 Å². The van der Waals surface area contributed by atoms with E-state index in [0.717, 1.165) is 10.8 Å². The van der Waals surface area contributed by atoms with Gasteiger partial charge in [-0.15, -0.1) is 0 Å². The van der Waals surface area contributed by atoms with E-state index in [2.05, 4.69) is 0 Å². The Bertz CT molecular complexity index is 621. The molecule has 0 fully saturated rings. The molecule has 5 heteroatoms. The molecule has 0 bridgehead atoms. The molecule has 0 unspecified atom stereocenters. The normalized spacial score (nSPS) is 10.4. The van der Waals surface area contributed by atoms with Gasteiger partial charge in [0, 0.05) is 0 Å². The molecule has 0 spiro atoms. The van der Waals surface area contributed by atoms with Crippen molar-refractivity contribution in [2.45, 2.75) is 5.32 Å². The van der Waals surface area contributed by atoms with Crippen molar-refractivity contribution in [3.63, 3.8) is 0 Å². The molecule has 0 aliphatic heterocycles. The van der Waals surface area contributed by atoms with Gasteiger partial charge >= 0.3 is 109 Å². The number of hydrogen-bond acceptors (Lipinski definition) is 2. The maximum absolute atomic E-state index is 11.2. The first-order chi connectivity index (χ1) is 8.58. The van der Waals surface area contributed by atoms with Crippen LogP contribution in [0.25, 0.3) is 10.8 Å². The second-order valence-corrected chi connectivity index (χ2v) is 5.82. The summed E-state index contributed by atoms with van der Waals surface area (Å²) in [6.45, 7) is 0. The van der Waals surface area contributed by atoms with Crippen LogP contribution in [0.3, 0.4) is 0 Å². The standard InChI is InChI=1S/C13H10O4Se/c14-12(15)7-18-11-6-9-4-2-1-3-8(9)5-10(11)13(16)17/h1-6H,7H2,(H,14,15)(H,16,17). The average molecular weight is 309 g/mol. The van der Waals surface area contributed by atoms with Gasteiger partial charge in [0.1, 0.15) is 0 Å². The summed E-state index contributed by atoms with van der Waals surface area (Å²) >= 11 is -0.371. The van der Waals surface area contributed by atoms with Gasteiger partial charge in [0.25, 0.3) is 0 Å². The summed E-state index contributed by atoms with van der Waals surface area (Å²) in [5, 5.41) is 19.6. The number of fused-ring (bicyclic) bond motifs is 1. The molecule has 0 radical (unpaired) electrons. The molecule has 0 saturated carbocycles. The number of rotatable bonds is 4. The van der Waals surface area contributed by atoms with Gasteiger partial charge < -0.3 is 0 Å². The minimum absolute atomic E-state index is 0.00831. The molecule has 18 heavy (non-hydrogen) atoms. The van der Waals surface area contributed by atoms with Crippen LogP contribution in [0, 0.1) is 0 Å². The van der Waals surface area contributed by atoms with E-state index in [1.807, 2.05) is 24.3 Å². The van der Waals surface area contributed by atoms with Crippen molar-refractivity contribution in [3.8, 4) is 0 Å². The van der Waals surface area contributed by atoms with Crippen LogP contribution in [-0.4, -0.2) is 37.1 Å². The van der Waals surface area contributed by atoms with Crippen molar-refractivity contribution in [2.24, 2.45) is 0 Å². The van der Waals surface area contributed by atoms with E-state index in [1.165, 1.54) is 0 Å². The van der Waals surface area contributed by atoms with E-state index in [1.54, 1.807) is 12.1 Å². The molecule has 0 aliphatic carbocycles. The van der Waals surface area contributed by atoms with E-state index >= 15 is 0 Å². The fraction of sp³-hybridized carbons (Fsp3) is 0.0769. The van der Waals surface area contributed by atoms with E-state index in [9.17, 15) is 9.59 Å². The molecule has 2 aromatic rings. The van der Waals surface area contributed by atoms with Gasteiger partial charge in [0.05, 0.1) is 0 Å². The number of hydrogen-bond donors (Lipinski definition) is 2. The number of carboxylic acids is 2. The number of aromatic carboxylic acids is 1. The fourth-order valence-corrected chi connectivity index (χ4v) is 3.31. The van der Waals surface area contributed by atoms with Crippen molar-refractivity contribution in [1.29, 1.82) is 0 Å². The van der Waals surface area contributed by atoms with Crippen LogP contribution in [0.4, 0.5) is 0 Å².